The van der Waals surface area contributed by atoms with E-state index in [9.17, 15) is 9.59 Å². The summed E-state index contributed by atoms with van der Waals surface area (Å²) < 4.78 is 9.56. The van der Waals surface area contributed by atoms with Gasteiger partial charge in [-0.05, 0) is 11.6 Å². The largest absolute Gasteiger partial charge is 0.468 e. The standard InChI is InChI=1S/C11H10O4/c1-14-10(12)8-6-7-4-2-3-5-9(7)15-11(8)13/h2-5,8H,6H2,1H3/t8-/m0/s1. The molecule has 0 amide bonds. The third-order valence-corrected chi connectivity index (χ3v) is 2.38. The molecule has 1 aliphatic heterocycles. The van der Waals surface area contributed by atoms with Crippen molar-refractivity contribution < 1.29 is 19.1 Å². The zero-order chi connectivity index (χ0) is 10.8. The lowest BCUT2D eigenvalue weighted by atomic mass is 9.96. The molecule has 1 aromatic rings. The van der Waals surface area contributed by atoms with Gasteiger partial charge in [0.25, 0.3) is 0 Å². The minimum atomic E-state index is -0.829. The van der Waals surface area contributed by atoms with Gasteiger partial charge in [-0.3, -0.25) is 9.59 Å². The molecule has 0 spiro atoms. The van der Waals surface area contributed by atoms with Crippen LogP contribution in [0.25, 0.3) is 0 Å². The van der Waals surface area contributed by atoms with Gasteiger partial charge >= 0.3 is 11.9 Å². The van der Waals surface area contributed by atoms with Crippen molar-refractivity contribution in [3.8, 4) is 5.75 Å². The smallest absolute Gasteiger partial charge is 0.326 e. The Morgan fingerprint density at radius 2 is 2.20 bits per heavy atom. The molecule has 4 heteroatoms. The predicted molar refractivity (Wildman–Crippen MR) is 51.3 cm³/mol. The van der Waals surface area contributed by atoms with Gasteiger partial charge < -0.3 is 9.47 Å². The van der Waals surface area contributed by atoms with Crippen LogP contribution in [0.15, 0.2) is 24.3 Å². The monoisotopic (exact) mass is 206 g/mol. The lowest BCUT2D eigenvalue weighted by molar-refractivity contribution is -0.156. The SMILES string of the molecule is COC(=O)[C@@H]1Cc2ccccc2OC1=O. The fraction of sp³-hybridized carbons (Fsp3) is 0.273. The predicted octanol–water partition coefficient (Wildman–Crippen LogP) is 0.937. The number of hydrogen-bond acceptors (Lipinski definition) is 4. The van der Waals surface area contributed by atoms with Crippen molar-refractivity contribution in [3.63, 3.8) is 0 Å². The molecule has 0 saturated carbocycles. The van der Waals surface area contributed by atoms with Gasteiger partial charge in [0.05, 0.1) is 7.11 Å². The van der Waals surface area contributed by atoms with Crippen molar-refractivity contribution in [1.82, 2.24) is 0 Å². The number of hydrogen-bond donors (Lipinski definition) is 0. The molecule has 0 fully saturated rings. The lowest BCUT2D eigenvalue weighted by Crippen LogP contribution is -2.34. The third kappa shape index (κ3) is 1.70. The van der Waals surface area contributed by atoms with Gasteiger partial charge in [-0.25, -0.2) is 0 Å². The zero-order valence-corrected chi connectivity index (χ0v) is 8.23. The number of esters is 2. The van der Waals surface area contributed by atoms with Gasteiger partial charge in [-0.1, -0.05) is 18.2 Å². The maximum atomic E-state index is 11.4. The van der Waals surface area contributed by atoms with Crippen LogP contribution in [-0.4, -0.2) is 19.0 Å². The topological polar surface area (TPSA) is 52.6 Å². The van der Waals surface area contributed by atoms with E-state index in [0.717, 1.165) is 5.56 Å². The van der Waals surface area contributed by atoms with Crippen molar-refractivity contribution >= 4 is 11.9 Å². The van der Waals surface area contributed by atoms with Crippen molar-refractivity contribution in [2.45, 2.75) is 6.42 Å². The van der Waals surface area contributed by atoms with Crippen LogP contribution in [0.1, 0.15) is 5.56 Å². The van der Waals surface area contributed by atoms with Gasteiger partial charge in [0.1, 0.15) is 5.75 Å². The average Bonchev–Trinajstić information content (AvgIpc) is 2.27. The molecule has 0 aromatic heterocycles. The Kier molecular flexibility index (Phi) is 2.41. The van der Waals surface area contributed by atoms with Crippen molar-refractivity contribution in [2.75, 3.05) is 7.11 Å². The van der Waals surface area contributed by atoms with Crippen LogP contribution in [0, 0.1) is 5.92 Å². The first-order valence-electron chi connectivity index (χ1n) is 4.60. The summed E-state index contributed by atoms with van der Waals surface area (Å²) in [6, 6.07) is 7.16. The van der Waals surface area contributed by atoms with Crippen molar-refractivity contribution in [1.29, 1.82) is 0 Å². The summed E-state index contributed by atoms with van der Waals surface area (Å²) in [6.45, 7) is 0. The summed E-state index contributed by atoms with van der Waals surface area (Å²) in [5, 5.41) is 0. The van der Waals surface area contributed by atoms with E-state index in [-0.39, 0.29) is 0 Å². The summed E-state index contributed by atoms with van der Waals surface area (Å²) in [7, 11) is 1.26. The van der Waals surface area contributed by atoms with Crippen LogP contribution >= 0.6 is 0 Å². The van der Waals surface area contributed by atoms with Crippen LogP contribution < -0.4 is 4.74 Å². The Morgan fingerprint density at radius 1 is 1.47 bits per heavy atom. The van der Waals surface area contributed by atoms with Crippen LogP contribution in [0.2, 0.25) is 0 Å². The first-order valence-corrected chi connectivity index (χ1v) is 4.60. The highest BCUT2D eigenvalue weighted by Crippen LogP contribution is 2.27. The molecule has 0 saturated heterocycles. The van der Waals surface area contributed by atoms with Crippen molar-refractivity contribution in [3.05, 3.63) is 29.8 Å². The molecule has 0 radical (unpaired) electrons. The molecule has 1 aromatic carbocycles. The molecule has 0 N–H and O–H groups in total. The zero-order valence-electron chi connectivity index (χ0n) is 8.23. The fourth-order valence-corrected chi connectivity index (χ4v) is 1.58. The Morgan fingerprint density at radius 3 is 2.93 bits per heavy atom. The summed E-state index contributed by atoms with van der Waals surface area (Å²) in [6.07, 6.45) is 0.349. The summed E-state index contributed by atoms with van der Waals surface area (Å²) in [5.74, 6) is -1.39. The highest BCUT2D eigenvalue weighted by Gasteiger charge is 2.34. The van der Waals surface area contributed by atoms with E-state index in [2.05, 4.69) is 4.74 Å². The van der Waals surface area contributed by atoms with Crippen LogP contribution in [0.5, 0.6) is 5.75 Å². The molecule has 0 bridgehead atoms. The second kappa shape index (κ2) is 3.73. The number of carbonyl (C=O) groups excluding carboxylic acids is 2. The number of para-hydroxylation sites is 1. The molecule has 2 rings (SSSR count). The maximum absolute atomic E-state index is 11.4. The summed E-state index contributed by atoms with van der Waals surface area (Å²) in [5.41, 5.74) is 0.854. The van der Waals surface area contributed by atoms with Gasteiger partial charge in [-0.2, -0.15) is 0 Å². The number of rotatable bonds is 1. The van der Waals surface area contributed by atoms with E-state index >= 15 is 0 Å². The second-order valence-electron chi connectivity index (χ2n) is 3.31. The molecule has 1 atom stereocenters. The average molecular weight is 206 g/mol. The molecular formula is C11H10O4. The number of benzene rings is 1. The summed E-state index contributed by atoms with van der Waals surface area (Å²) in [4.78, 5) is 22.7. The molecule has 15 heavy (non-hydrogen) atoms. The van der Waals surface area contributed by atoms with E-state index in [1.807, 2.05) is 12.1 Å². The quantitative estimate of drug-likeness (QED) is 0.390. The molecule has 0 aliphatic carbocycles. The van der Waals surface area contributed by atoms with Crippen LogP contribution in [0.4, 0.5) is 0 Å². The highest BCUT2D eigenvalue weighted by molar-refractivity contribution is 5.97. The van der Waals surface area contributed by atoms with Gasteiger partial charge in [0, 0.05) is 6.42 Å². The summed E-state index contributed by atoms with van der Waals surface area (Å²) >= 11 is 0. The van der Waals surface area contributed by atoms with Crippen molar-refractivity contribution in [2.24, 2.45) is 5.92 Å². The van der Waals surface area contributed by atoms with E-state index in [4.69, 9.17) is 4.74 Å². The number of carbonyl (C=O) groups is 2. The first kappa shape index (κ1) is 9.71. The Bertz CT molecular complexity index is 411. The van der Waals surface area contributed by atoms with Gasteiger partial charge in [-0.15, -0.1) is 0 Å². The Labute approximate surface area is 86.8 Å². The van der Waals surface area contributed by atoms with Gasteiger partial charge in [0.15, 0.2) is 5.92 Å². The minimum absolute atomic E-state index is 0.349. The van der Waals surface area contributed by atoms with E-state index in [0.29, 0.717) is 12.2 Å². The third-order valence-electron chi connectivity index (χ3n) is 2.38. The lowest BCUT2D eigenvalue weighted by Gasteiger charge is -2.21. The van der Waals surface area contributed by atoms with Crippen LogP contribution in [-0.2, 0) is 20.7 Å². The van der Waals surface area contributed by atoms with E-state index < -0.39 is 17.9 Å². The molecule has 4 nitrogen and oxygen atoms in total. The van der Waals surface area contributed by atoms with Gasteiger partial charge in [0.2, 0.25) is 0 Å². The Hall–Kier alpha value is -1.84. The van der Waals surface area contributed by atoms with Crippen LogP contribution in [0.3, 0.4) is 0 Å². The fourth-order valence-electron chi connectivity index (χ4n) is 1.58. The number of methoxy groups -OCH3 is 1. The molecule has 1 aliphatic rings. The molecular weight excluding hydrogens is 196 g/mol. The second-order valence-corrected chi connectivity index (χ2v) is 3.31. The minimum Gasteiger partial charge on any atom is -0.468 e. The number of fused-ring (bicyclic) bond motifs is 1. The first-order chi connectivity index (χ1) is 7.22. The van der Waals surface area contributed by atoms with E-state index in [1.165, 1.54) is 7.11 Å². The molecule has 78 valence electrons. The molecule has 1 heterocycles. The normalized spacial score (nSPS) is 19.0. The van der Waals surface area contributed by atoms with E-state index in [1.54, 1.807) is 12.1 Å². The molecule has 0 unspecified atom stereocenters. The highest BCUT2D eigenvalue weighted by atomic mass is 16.6. The maximum Gasteiger partial charge on any atom is 0.326 e. The number of ether oxygens (including phenoxy) is 2. The Balaban J connectivity index is 2.29.